The molecule has 4 rings (SSSR count). The van der Waals surface area contributed by atoms with Gasteiger partial charge in [0.2, 0.25) is 5.91 Å². The van der Waals surface area contributed by atoms with E-state index in [0.717, 1.165) is 16.2 Å². The van der Waals surface area contributed by atoms with Gasteiger partial charge in [-0.3, -0.25) is 19.3 Å². The summed E-state index contributed by atoms with van der Waals surface area (Å²) in [5.41, 5.74) is 1.64. The molecule has 1 unspecified atom stereocenters. The predicted octanol–water partition coefficient (Wildman–Crippen LogP) is 4.01. The highest BCUT2D eigenvalue weighted by atomic mass is 32.1. The van der Waals surface area contributed by atoms with E-state index in [4.69, 9.17) is 4.74 Å². The van der Waals surface area contributed by atoms with Crippen molar-refractivity contribution in [2.24, 2.45) is 0 Å². The van der Waals surface area contributed by atoms with Gasteiger partial charge < -0.3 is 9.64 Å². The quantitative estimate of drug-likeness (QED) is 0.489. The standard InChI is InChI=1S/C25H24N2O4S/c1-17(14-20-6-5-13-32-20)26(15-18-9-11-19(31-2)12-10-18)23(28)16-27-24(29)21-7-3-4-8-22(21)25(27)30/h3-13,17H,14-16H2,1-2H3. The van der Waals surface area contributed by atoms with Gasteiger partial charge >= 0.3 is 0 Å². The van der Waals surface area contributed by atoms with Gasteiger partial charge in [-0.15, -0.1) is 11.3 Å². The Morgan fingerprint density at radius 1 is 1.00 bits per heavy atom. The molecule has 3 amide bonds. The lowest BCUT2D eigenvalue weighted by Crippen LogP contribution is -2.46. The van der Waals surface area contributed by atoms with E-state index in [1.807, 2.05) is 48.7 Å². The maximum atomic E-state index is 13.4. The molecule has 7 heteroatoms. The zero-order valence-electron chi connectivity index (χ0n) is 18.0. The maximum absolute atomic E-state index is 13.4. The Hall–Kier alpha value is -3.45. The lowest BCUT2D eigenvalue weighted by Gasteiger charge is -2.30. The summed E-state index contributed by atoms with van der Waals surface area (Å²) in [6, 6.07) is 18.1. The van der Waals surface area contributed by atoms with Gasteiger partial charge in [-0.25, -0.2) is 0 Å². The second-order valence-corrected chi connectivity index (χ2v) is 8.78. The largest absolute Gasteiger partial charge is 0.497 e. The average molecular weight is 449 g/mol. The second kappa shape index (κ2) is 9.36. The summed E-state index contributed by atoms with van der Waals surface area (Å²) in [4.78, 5) is 42.8. The van der Waals surface area contributed by atoms with Crippen LogP contribution in [0.25, 0.3) is 0 Å². The zero-order chi connectivity index (χ0) is 22.7. The van der Waals surface area contributed by atoms with Crippen molar-refractivity contribution in [1.82, 2.24) is 9.80 Å². The third kappa shape index (κ3) is 4.43. The van der Waals surface area contributed by atoms with Crippen LogP contribution >= 0.6 is 11.3 Å². The fraction of sp³-hybridized carbons (Fsp3) is 0.240. The van der Waals surface area contributed by atoms with Crippen molar-refractivity contribution in [2.75, 3.05) is 13.7 Å². The van der Waals surface area contributed by atoms with Crippen molar-refractivity contribution in [2.45, 2.75) is 25.9 Å². The molecule has 0 bridgehead atoms. The Balaban J connectivity index is 1.55. The first-order valence-corrected chi connectivity index (χ1v) is 11.3. The first kappa shape index (κ1) is 21.8. The highest BCUT2D eigenvalue weighted by Crippen LogP contribution is 2.24. The third-order valence-corrected chi connectivity index (χ3v) is 6.51. The summed E-state index contributed by atoms with van der Waals surface area (Å²) in [5.74, 6) is -0.368. The summed E-state index contributed by atoms with van der Waals surface area (Å²) in [6.07, 6.45) is 0.696. The fourth-order valence-electron chi connectivity index (χ4n) is 3.86. The van der Waals surface area contributed by atoms with Crippen LogP contribution in [0.15, 0.2) is 66.0 Å². The molecule has 0 N–H and O–H groups in total. The van der Waals surface area contributed by atoms with Gasteiger partial charge in [0.1, 0.15) is 12.3 Å². The molecule has 1 aliphatic rings. The van der Waals surface area contributed by atoms with E-state index in [-0.39, 0.29) is 18.5 Å². The third-order valence-electron chi connectivity index (χ3n) is 5.61. The molecule has 2 heterocycles. The van der Waals surface area contributed by atoms with Crippen LogP contribution in [0.4, 0.5) is 0 Å². The zero-order valence-corrected chi connectivity index (χ0v) is 18.8. The average Bonchev–Trinajstić information content (AvgIpc) is 3.40. The van der Waals surface area contributed by atoms with Crippen LogP contribution in [-0.2, 0) is 17.8 Å². The summed E-state index contributed by atoms with van der Waals surface area (Å²) in [7, 11) is 1.61. The van der Waals surface area contributed by atoms with Gasteiger partial charge in [0.15, 0.2) is 0 Å². The predicted molar refractivity (Wildman–Crippen MR) is 123 cm³/mol. The summed E-state index contributed by atoms with van der Waals surface area (Å²) < 4.78 is 5.22. The van der Waals surface area contributed by atoms with Crippen LogP contribution in [0.2, 0.25) is 0 Å². The molecule has 0 aliphatic carbocycles. The number of carbonyl (C=O) groups is 3. The second-order valence-electron chi connectivity index (χ2n) is 7.74. The van der Waals surface area contributed by atoms with Crippen molar-refractivity contribution < 1.29 is 19.1 Å². The van der Waals surface area contributed by atoms with Gasteiger partial charge in [0, 0.05) is 23.9 Å². The topological polar surface area (TPSA) is 66.9 Å². The van der Waals surface area contributed by atoms with Crippen LogP contribution in [-0.4, -0.2) is 47.2 Å². The number of methoxy groups -OCH3 is 1. The lowest BCUT2D eigenvalue weighted by molar-refractivity contribution is -0.134. The Morgan fingerprint density at radius 2 is 1.66 bits per heavy atom. The van der Waals surface area contributed by atoms with Crippen LogP contribution in [0.5, 0.6) is 5.75 Å². The number of hydrogen-bond donors (Lipinski definition) is 0. The molecule has 0 spiro atoms. The molecular formula is C25H24N2O4S. The van der Waals surface area contributed by atoms with Gasteiger partial charge in [-0.05, 0) is 48.2 Å². The molecule has 32 heavy (non-hydrogen) atoms. The minimum absolute atomic E-state index is 0.113. The van der Waals surface area contributed by atoms with Crippen molar-refractivity contribution in [1.29, 1.82) is 0 Å². The minimum Gasteiger partial charge on any atom is -0.497 e. The van der Waals surface area contributed by atoms with Crippen LogP contribution in [0, 0.1) is 0 Å². The molecule has 6 nitrogen and oxygen atoms in total. The fourth-order valence-corrected chi connectivity index (χ4v) is 4.68. The minimum atomic E-state index is -0.422. The van der Waals surface area contributed by atoms with E-state index in [0.29, 0.717) is 24.1 Å². The van der Waals surface area contributed by atoms with Gasteiger partial charge in [0.05, 0.1) is 18.2 Å². The number of imide groups is 1. The van der Waals surface area contributed by atoms with Gasteiger partial charge in [-0.1, -0.05) is 30.3 Å². The number of carbonyl (C=O) groups excluding carboxylic acids is 3. The number of thiophene rings is 1. The lowest BCUT2D eigenvalue weighted by atomic mass is 10.1. The smallest absolute Gasteiger partial charge is 0.262 e. The maximum Gasteiger partial charge on any atom is 0.262 e. The molecule has 1 aromatic heterocycles. The van der Waals surface area contributed by atoms with E-state index in [9.17, 15) is 14.4 Å². The molecule has 3 aromatic rings. The Bertz CT molecular complexity index is 1090. The Morgan fingerprint density at radius 3 is 2.22 bits per heavy atom. The number of fused-ring (bicyclic) bond motifs is 1. The number of amides is 3. The van der Waals surface area contributed by atoms with Gasteiger partial charge in [0.25, 0.3) is 11.8 Å². The molecule has 1 aliphatic heterocycles. The first-order chi connectivity index (χ1) is 15.5. The molecule has 1 atom stereocenters. The highest BCUT2D eigenvalue weighted by Gasteiger charge is 2.37. The van der Waals surface area contributed by atoms with Crippen LogP contribution < -0.4 is 4.74 Å². The Labute approximate surface area is 191 Å². The molecule has 0 saturated heterocycles. The SMILES string of the molecule is COc1ccc(CN(C(=O)CN2C(=O)c3ccccc3C2=O)C(C)Cc2cccs2)cc1. The van der Waals surface area contributed by atoms with E-state index in [1.165, 1.54) is 4.88 Å². The highest BCUT2D eigenvalue weighted by molar-refractivity contribution is 7.09. The van der Waals surface area contributed by atoms with Crippen molar-refractivity contribution in [3.63, 3.8) is 0 Å². The molecule has 0 fully saturated rings. The molecule has 0 radical (unpaired) electrons. The van der Waals surface area contributed by atoms with E-state index >= 15 is 0 Å². The summed E-state index contributed by atoms with van der Waals surface area (Å²) >= 11 is 1.64. The Kier molecular flexibility index (Phi) is 6.37. The van der Waals surface area contributed by atoms with Crippen LogP contribution in [0.3, 0.4) is 0 Å². The van der Waals surface area contributed by atoms with E-state index < -0.39 is 11.8 Å². The van der Waals surface area contributed by atoms with Crippen LogP contribution in [0.1, 0.15) is 38.1 Å². The number of benzene rings is 2. The van der Waals surface area contributed by atoms with Crippen molar-refractivity contribution in [3.8, 4) is 5.75 Å². The summed E-state index contributed by atoms with van der Waals surface area (Å²) in [5, 5.41) is 2.01. The number of ether oxygens (including phenoxy) is 1. The van der Waals surface area contributed by atoms with E-state index in [1.54, 1.807) is 47.6 Å². The monoisotopic (exact) mass is 448 g/mol. The number of rotatable bonds is 8. The first-order valence-electron chi connectivity index (χ1n) is 10.4. The summed E-state index contributed by atoms with van der Waals surface area (Å²) in [6.45, 7) is 2.08. The number of nitrogens with zero attached hydrogens (tertiary/aromatic N) is 2. The molecule has 164 valence electrons. The number of hydrogen-bond acceptors (Lipinski definition) is 5. The molecular weight excluding hydrogens is 424 g/mol. The van der Waals surface area contributed by atoms with Crippen molar-refractivity contribution in [3.05, 3.63) is 87.6 Å². The van der Waals surface area contributed by atoms with Gasteiger partial charge in [-0.2, -0.15) is 0 Å². The van der Waals surface area contributed by atoms with E-state index in [2.05, 4.69) is 0 Å². The normalized spacial score (nSPS) is 13.8. The van der Waals surface area contributed by atoms with Crippen molar-refractivity contribution >= 4 is 29.1 Å². The molecule has 2 aromatic carbocycles. The molecule has 0 saturated carbocycles.